The Morgan fingerprint density at radius 3 is 1.75 bits per heavy atom. The van der Waals surface area contributed by atoms with E-state index >= 15 is 0 Å². The molecule has 2 aromatic carbocycles. The highest BCUT2D eigenvalue weighted by Gasteiger charge is 2.31. The van der Waals surface area contributed by atoms with Crippen molar-refractivity contribution in [1.29, 1.82) is 0 Å². The molecule has 3 rings (SSSR count). The second-order valence-corrected chi connectivity index (χ2v) is 10.4. The number of nitrogens with two attached hydrogens (primary N) is 2. The van der Waals surface area contributed by atoms with E-state index < -0.39 is 47.9 Å². The van der Waals surface area contributed by atoms with Crippen LogP contribution in [0, 0.1) is 0 Å². The van der Waals surface area contributed by atoms with Crippen molar-refractivity contribution in [2.24, 2.45) is 11.5 Å². The molecule has 0 aliphatic heterocycles. The number of phenols is 2. The molecule has 0 aliphatic rings. The monoisotopic (exact) mass is 609 g/mol. The van der Waals surface area contributed by atoms with E-state index in [9.17, 15) is 34.5 Å². The second-order valence-electron chi connectivity index (χ2n) is 10.4. The van der Waals surface area contributed by atoms with E-state index in [1.165, 1.54) is 36.8 Å². The molecule has 3 amide bonds. The van der Waals surface area contributed by atoms with Crippen LogP contribution in [0.2, 0.25) is 0 Å². The number of carboxylic acid groups (broad SMARTS) is 1. The zero-order valence-electron chi connectivity index (χ0n) is 24.1. The first kappa shape index (κ1) is 33.6. The molecule has 14 heteroatoms. The minimum atomic E-state index is -1.34. The quantitative estimate of drug-likeness (QED) is 0.0915. The van der Waals surface area contributed by atoms with Crippen molar-refractivity contribution < 1.29 is 34.5 Å². The van der Waals surface area contributed by atoms with Gasteiger partial charge in [0.15, 0.2) is 0 Å². The number of aliphatic carboxylic acids is 1. The number of hydrogen-bond donors (Lipinski definition) is 9. The summed E-state index contributed by atoms with van der Waals surface area (Å²) in [6, 6.07) is 7.34. The summed E-state index contributed by atoms with van der Waals surface area (Å²) in [5.74, 6) is -3.29. The predicted molar refractivity (Wildman–Crippen MR) is 160 cm³/mol. The number of phenolic OH excluding ortho intramolecular Hbond substituents is 2. The molecule has 0 bridgehead atoms. The third-order valence-corrected chi connectivity index (χ3v) is 6.92. The smallest absolute Gasteiger partial charge is 0.326 e. The molecule has 0 saturated heterocycles. The van der Waals surface area contributed by atoms with E-state index in [4.69, 9.17) is 11.5 Å². The number of carboxylic acids is 1. The molecular weight excluding hydrogens is 570 g/mol. The van der Waals surface area contributed by atoms with Crippen molar-refractivity contribution in [3.05, 3.63) is 77.9 Å². The van der Waals surface area contributed by atoms with Crippen LogP contribution in [0.1, 0.15) is 36.1 Å². The number of aromatic hydroxyl groups is 2. The van der Waals surface area contributed by atoms with Gasteiger partial charge in [-0.15, -0.1) is 0 Å². The fourth-order valence-corrected chi connectivity index (χ4v) is 4.43. The van der Waals surface area contributed by atoms with Gasteiger partial charge in [-0.25, -0.2) is 9.78 Å². The average molecular weight is 610 g/mol. The Bertz CT molecular complexity index is 1370. The van der Waals surface area contributed by atoms with Crippen LogP contribution in [0.3, 0.4) is 0 Å². The number of nitrogens with one attached hydrogen (secondary N) is 4. The van der Waals surface area contributed by atoms with Gasteiger partial charge in [0.1, 0.15) is 29.6 Å². The minimum absolute atomic E-state index is 0.0115. The molecule has 44 heavy (non-hydrogen) atoms. The first-order valence-corrected chi connectivity index (χ1v) is 14.2. The van der Waals surface area contributed by atoms with E-state index in [-0.39, 0.29) is 30.8 Å². The molecule has 1 heterocycles. The maximum Gasteiger partial charge on any atom is 0.326 e. The topological polar surface area (TPSA) is 246 Å². The molecule has 4 unspecified atom stereocenters. The van der Waals surface area contributed by atoms with Gasteiger partial charge in [0, 0.05) is 31.2 Å². The van der Waals surface area contributed by atoms with Gasteiger partial charge in [0.25, 0.3) is 0 Å². The first-order valence-electron chi connectivity index (χ1n) is 14.2. The standard InChI is InChI=1S/C30H39N7O7/c31-12-2-1-3-23(32)27(40)35-24(13-18-4-8-21(38)9-5-18)28(41)36-25(15-20-16-33-17-34-20)29(42)37-26(30(43)44)14-19-6-10-22(39)11-7-19/h4-11,16-17,23-26,38-39H,1-3,12-15,31-32H2,(H,33,34)(H,35,40)(H,36,41)(H,37,42)(H,43,44). The van der Waals surface area contributed by atoms with Crippen LogP contribution in [-0.4, -0.2) is 79.7 Å². The zero-order valence-corrected chi connectivity index (χ0v) is 24.1. The number of amides is 3. The summed E-state index contributed by atoms with van der Waals surface area (Å²) >= 11 is 0. The SMILES string of the molecule is NCCCCC(N)C(=O)NC(Cc1ccc(O)cc1)C(=O)NC(Cc1cnc[nH]1)C(=O)NC(Cc1ccc(O)cc1)C(=O)O. The van der Waals surface area contributed by atoms with E-state index in [0.717, 1.165) is 0 Å². The summed E-state index contributed by atoms with van der Waals surface area (Å²) in [5, 5.41) is 36.8. The van der Waals surface area contributed by atoms with Crippen LogP contribution in [0.5, 0.6) is 11.5 Å². The first-order chi connectivity index (χ1) is 21.0. The van der Waals surface area contributed by atoms with Crippen LogP contribution >= 0.6 is 0 Å². The number of carbonyl (C=O) groups is 4. The molecule has 0 aliphatic carbocycles. The van der Waals surface area contributed by atoms with E-state index in [1.807, 2.05) is 0 Å². The highest BCUT2D eigenvalue weighted by Crippen LogP contribution is 2.14. The number of hydrogen-bond acceptors (Lipinski definition) is 9. The number of nitrogens with zero attached hydrogens (tertiary/aromatic N) is 1. The van der Waals surface area contributed by atoms with Crippen LogP contribution in [0.15, 0.2) is 61.1 Å². The number of unbranched alkanes of at least 4 members (excludes halogenated alkanes) is 1. The lowest BCUT2D eigenvalue weighted by Crippen LogP contribution is -2.58. The van der Waals surface area contributed by atoms with E-state index in [0.29, 0.717) is 42.6 Å². The van der Waals surface area contributed by atoms with Gasteiger partial charge >= 0.3 is 5.97 Å². The van der Waals surface area contributed by atoms with E-state index in [2.05, 4.69) is 25.9 Å². The highest BCUT2D eigenvalue weighted by atomic mass is 16.4. The molecule has 14 nitrogen and oxygen atoms in total. The number of H-pyrrole nitrogens is 1. The number of benzene rings is 2. The lowest BCUT2D eigenvalue weighted by atomic mass is 10.0. The predicted octanol–water partition coefficient (Wildman–Crippen LogP) is -0.156. The van der Waals surface area contributed by atoms with Crippen LogP contribution in [0.4, 0.5) is 0 Å². The molecule has 0 spiro atoms. The summed E-state index contributed by atoms with van der Waals surface area (Å²) in [6.45, 7) is 0.456. The fourth-order valence-electron chi connectivity index (χ4n) is 4.43. The Balaban J connectivity index is 1.80. The van der Waals surface area contributed by atoms with Crippen molar-refractivity contribution >= 4 is 23.7 Å². The molecule has 0 fully saturated rings. The van der Waals surface area contributed by atoms with Crippen molar-refractivity contribution in [1.82, 2.24) is 25.9 Å². The second kappa shape index (κ2) is 16.6. The Labute approximate surface area is 254 Å². The Morgan fingerprint density at radius 1 is 0.750 bits per heavy atom. The van der Waals surface area contributed by atoms with Crippen LogP contribution in [0.25, 0.3) is 0 Å². The third kappa shape index (κ3) is 10.7. The van der Waals surface area contributed by atoms with Crippen molar-refractivity contribution in [2.75, 3.05) is 6.54 Å². The van der Waals surface area contributed by atoms with Gasteiger partial charge in [-0.05, 0) is 54.8 Å². The highest BCUT2D eigenvalue weighted by molar-refractivity contribution is 5.94. The summed E-state index contributed by atoms with van der Waals surface area (Å²) in [7, 11) is 0. The molecule has 3 aromatic rings. The number of carbonyl (C=O) groups excluding carboxylic acids is 3. The Hall–Kier alpha value is -4.95. The Kier molecular flexibility index (Phi) is 12.7. The molecule has 11 N–H and O–H groups in total. The van der Waals surface area contributed by atoms with Crippen molar-refractivity contribution in [3.8, 4) is 11.5 Å². The van der Waals surface area contributed by atoms with Crippen molar-refractivity contribution in [3.63, 3.8) is 0 Å². The average Bonchev–Trinajstić information content (AvgIpc) is 3.51. The summed E-state index contributed by atoms with van der Waals surface area (Å²) in [6.07, 6.45) is 4.43. The molecule has 236 valence electrons. The minimum Gasteiger partial charge on any atom is -0.508 e. The lowest BCUT2D eigenvalue weighted by molar-refractivity contribution is -0.142. The molecule has 0 saturated carbocycles. The van der Waals surface area contributed by atoms with Crippen molar-refractivity contribution in [2.45, 2.75) is 62.7 Å². The maximum atomic E-state index is 13.6. The third-order valence-electron chi connectivity index (χ3n) is 6.92. The van der Waals surface area contributed by atoms with Gasteiger partial charge in [-0.2, -0.15) is 0 Å². The van der Waals surface area contributed by atoms with Crippen LogP contribution in [-0.2, 0) is 38.4 Å². The number of imidazole rings is 1. The molecular formula is C30H39N7O7. The Morgan fingerprint density at radius 2 is 1.25 bits per heavy atom. The normalized spacial score (nSPS) is 13.7. The van der Waals surface area contributed by atoms with Gasteiger partial charge in [-0.3, -0.25) is 14.4 Å². The summed E-state index contributed by atoms with van der Waals surface area (Å²) in [4.78, 5) is 58.9. The largest absolute Gasteiger partial charge is 0.508 e. The molecule has 4 atom stereocenters. The number of aromatic amines is 1. The molecule has 0 radical (unpaired) electrons. The van der Waals surface area contributed by atoms with E-state index in [1.54, 1.807) is 24.3 Å². The summed E-state index contributed by atoms with van der Waals surface area (Å²) in [5.41, 5.74) is 13.3. The van der Waals surface area contributed by atoms with Gasteiger partial charge < -0.3 is 47.7 Å². The van der Waals surface area contributed by atoms with Crippen LogP contribution < -0.4 is 27.4 Å². The van der Waals surface area contributed by atoms with Gasteiger partial charge in [0.05, 0.1) is 12.4 Å². The van der Waals surface area contributed by atoms with Gasteiger partial charge in [-0.1, -0.05) is 30.7 Å². The fraction of sp³-hybridized carbons (Fsp3) is 0.367. The van der Waals surface area contributed by atoms with Gasteiger partial charge in [0.2, 0.25) is 17.7 Å². The lowest BCUT2D eigenvalue weighted by Gasteiger charge is -2.25. The maximum absolute atomic E-state index is 13.6. The number of aromatic nitrogens is 2. The molecule has 1 aromatic heterocycles. The number of rotatable bonds is 17. The summed E-state index contributed by atoms with van der Waals surface area (Å²) < 4.78 is 0. The zero-order chi connectivity index (χ0) is 32.1.